The number of aromatic hydroxyl groups is 1. The number of phenols is 1. The second-order valence-electron chi connectivity index (χ2n) is 4.17. The van der Waals surface area contributed by atoms with Crippen LogP contribution in [0.3, 0.4) is 0 Å². The highest BCUT2D eigenvalue weighted by Crippen LogP contribution is 2.34. The number of ether oxygens (including phenoxy) is 3. The van der Waals surface area contributed by atoms with Gasteiger partial charge < -0.3 is 24.6 Å². The van der Waals surface area contributed by atoms with Crippen molar-refractivity contribution in [3.05, 3.63) is 23.3 Å². The topological polar surface area (TPSA) is 77.0 Å². The SMILES string of the molecule is COC(=O)c1cc(C2CNCCO2)c(O)cc1OC. The molecule has 0 spiro atoms. The van der Waals surface area contributed by atoms with E-state index < -0.39 is 5.97 Å². The predicted octanol–water partition coefficient (Wildman–Crippen LogP) is 0.848. The van der Waals surface area contributed by atoms with Gasteiger partial charge in [-0.3, -0.25) is 0 Å². The Labute approximate surface area is 111 Å². The molecular formula is C13H17NO5. The number of methoxy groups -OCH3 is 2. The quantitative estimate of drug-likeness (QED) is 0.791. The summed E-state index contributed by atoms with van der Waals surface area (Å²) < 4.78 is 15.3. The lowest BCUT2D eigenvalue weighted by Crippen LogP contribution is -2.33. The first-order chi connectivity index (χ1) is 9.17. The van der Waals surface area contributed by atoms with Gasteiger partial charge in [-0.1, -0.05) is 0 Å². The summed E-state index contributed by atoms with van der Waals surface area (Å²) in [6.07, 6.45) is -0.289. The highest BCUT2D eigenvalue weighted by Gasteiger charge is 2.23. The van der Waals surface area contributed by atoms with Gasteiger partial charge in [-0.05, 0) is 6.07 Å². The molecule has 2 rings (SSSR count). The summed E-state index contributed by atoms with van der Waals surface area (Å²) in [4.78, 5) is 11.7. The molecular weight excluding hydrogens is 250 g/mol. The Bertz CT molecular complexity index is 468. The molecule has 0 amide bonds. The zero-order valence-corrected chi connectivity index (χ0v) is 10.9. The van der Waals surface area contributed by atoms with E-state index >= 15 is 0 Å². The third-order valence-corrected chi connectivity index (χ3v) is 3.03. The highest BCUT2D eigenvalue weighted by atomic mass is 16.5. The number of rotatable bonds is 3. The molecule has 0 bridgehead atoms. The summed E-state index contributed by atoms with van der Waals surface area (Å²) in [6.45, 7) is 1.92. The van der Waals surface area contributed by atoms with Gasteiger partial charge in [-0.25, -0.2) is 4.79 Å². The van der Waals surface area contributed by atoms with E-state index in [1.807, 2.05) is 0 Å². The highest BCUT2D eigenvalue weighted by molar-refractivity contribution is 5.93. The van der Waals surface area contributed by atoms with Crippen LogP contribution in [0.2, 0.25) is 0 Å². The van der Waals surface area contributed by atoms with Gasteiger partial charge in [0.05, 0.1) is 26.9 Å². The van der Waals surface area contributed by atoms with Crippen molar-refractivity contribution < 1.29 is 24.1 Å². The van der Waals surface area contributed by atoms with E-state index in [1.54, 1.807) is 6.07 Å². The van der Waals surface area contributed by atoms with Crippen molar-refractivity contribution in [2.24, 2.45) is 0 Å². The van der Waals surface area contributed by atoms with E-state index in [1.165, 1.54) is 20.3 Å². The fourth-order valence-electron chi connectivity index (χ4n) is 2.05. The van der Waals surface area contributed by atoms with Gasteiger partial charge in [0.15, 0.2) is 0 Å². The lowest BCUT2D eigenvalue weighted by Gasteiger charge is -2.25. The van der Waals surface area contributed by atoms with Crippen LogP contribution in [0.1, 0.15) is 22.0 Å². The van der Waals surface area contributed by atoms with Gasteiger partial charge in [0.1, 0.15) is 17.1 Å². The molecule has 104 valence electrons. The maximum atomic E-state index is 11.7. The van der Waals surface area contributed by atoms with Gasteiger partial charge in [0, 0.05) is 24.7 Å². The van der Waals surface area contributed by atoms with Gasteiger partial charge in [0.2, 0.25) is 0 Å². The van der Waals surface area contributed by atoms with E-state index in [9.17, 15) is 9.90 Å². The molecule has 1 atom stereocenters. The Hall–Kier alpha value is -1.79. The zero-order chi connectivity index (χ0) is 13.8. The Morgan fingerprint density at radius 2 is 2.26 bits per heavy atom. The summed E-state index contributed by atoms with van der Waals surface area (Å²) in [7, 11) is 2.73. The second-order valence-corrected chi connectivity index (χ2v) is 4.17. The molecule has 0 radical (unpaired) electrons. The smallest absolute Gasteiger partial charge is 0.341 e. The molecule has 1 aromatic rings. The van der Waals surface area contributed by atoms with E-state index in [0.717, 1.165) is 6.54 Å². The van der Waals surface area contributed by atoms with E-state index in [0.29, 0.717) is 18.7 Å². The Balaban J connectivity index is 2.40. The fraction of sp³-hybridized carbons (Fsp3) is 0.462. The molecule has 1 heterocycles. The summed E-state index contributed by atoms with van der Waals surface area (Å²) in [5.41, 5.74) is 0.820. The first-order valence-corrected chi connectivity index (χ1v) is 5.99. The van der Waals surface area contributed by atoms with Crippen molar-refractivity contribution in [3.63, 3.8) is 0 Å². The Morgan fingerprint density at radius 3 is 2.84 bits per heavy atom. The minimum atomic E-state index is -0.512. The molecule has 6 heteroatoms. The molecule has 1 aliphatic heterocycles. The molecule has 6 nitrogen and oxygen atoms in total. The zero-order valence-electron chi connectivity index (χ0n) is 10.9. The third-order valence-electron chi connectivity index (χ3n) is 3.03. The lowest BCUT2D eigenvalue weighted by molar-refractivity contribution is 0.0261. The number of phenolic OH excluding ortho intramolecular Hbond substituents is 1. The van der Waals surface area contributed by atoms with Gasteiger partial charge in [-0.15, -0.1) is 0 Å². The molecule has 1 aliphatic rings. The second kappa shape index (κ2) is 5.90. The molecule has 1 fully saturated rings. The van der Waals surface area contributed by atoms with Gasteiger partial charge >= 0.3 is 5.97 Å². The number of hydrogen-bond donors (Lipinski definition) is 2. The molecule has 19 heavy (non-hydrogen) atoms. The van der Waals surface area contributed by atoms with Crippen LogP contribution in [0, 0.1) is 0 Å². The number of morpholine rings is 1. The monoisotopic (exact) mass is 267 g/mol. The first-order valence-electron chi connectivity index (χ1n) is 5.99. The summed E-state index contributed by atoms with van der Waals surface area (Å²) in [5, 5.41) is 13.2. The molecule has 0 aliphatic carbocycles. The molecule has 1 unspecified atom stereocenters. The predicted molar refractivity (Wildman–Crippen MR) is 67.6 cm³/mol. The van der Waals surface area contributed by atoms with Crippen molar-refractivity contribution in [1.29, 1.82) is 0 Å². The number of hydrogen-bond acceptors (Lipinski definition) is 6. The van der Waals surface area contributed by atoms with Crippen molar-refractivity contribution >= 4 is 5.97 Å². The molecule has 1 aromatic carbocycles. The Kier molecular flexibility index (Phi) is 4.24. The van der Waals surface area contributed by atoms with Crippen LogP contribution in [0.4, 0.5) is 0 Å². The van der Waals surface area contributed by atoms with E-state index in [4.69, 9.17) is 14.2 Å². The van der Waals surface area contributed by atoms with Crippen molar-refractivity contribution in [1.82, 2.24) is 5.32 Å². The van der Waals surface area contributed by atoms with Crippen molar-refractivity contribution in [2.45, 2.75) is 6.10 Å². The van der Waals surface area contributed by atoms with Crippen LogP contribution in [-0.4, -0.2) is 45.0 Å². The number of nitrogens with one attached hydrogen (secondary N) is 1. The largest absolute Gasteiger partial charge is 0.507 e. The van der Waals surface area contributed by atoms with E-state index in [-0.39, 0.29) is 23.2 Å². The fourth-order valence-corrected chi connectivity index (χ4v) is 2.05. The van der Waals surface area contributed by atoms with E-state index in [2.05, 4.69) is 5.32 Å². The third kappa shape index (κ3) is 2.80. The summed E-state index contributed by atoms with van der Waals surface area (Å²) >= 11 is 0. The number of benzene rings is 1. The average Bonchev–Trinajstić information content (AvgIpc) is 2.47. The first kappa shape index (κ1) is 13.6. The number of esters is 1. The molecule has 1 saturated heterocycles. The van der Waals surface area contributed by atoms with Crippen LogP contribution in [0.25, 0.3) is 0 Å². The summed E-state index contributed by atoms with van der Waals surface area (Å²) in [6, 6.07) is 2.96. The van der Waals surface area contributed by atoms with Crippen LogP contribution in [-0.2, 0) is 9.47 Å². The number of carbonyl (C=O) groups excluding carboxylic acids is 1. The molecule has 0 saturated carbocycles. The van der Waals surface area contributed by atoms with Gasteiger partial charge in [-0.2, -0.15) is 0 Å². The minimum Gasteiger partial charge on any atom is -0.507 e. The summed E-state index contributed by atoms with van der Waals surface area (Å²) in [5.74, 6) is -0.197. The Morgan fingerprint density at radius 1 is 1.47 bits per heavy atom. The van der Waals surface area contributed by atoms with Crippen LogP contribution in [0.15, 0.2) is 12.1 Å². The maximum Gasteiger partial charge on any atom is 0.341 e. The maximum absolute atomic E-state index is 11.7. The van der Waals surface area contributed by atoms with Crippen LogP contribution >= 0.6 is 0 Å². The number of carbonyl (C=O) groups is 1. The molecule has 2 N–H and O–H groups in total. The minimum absolute atomic E-state index is 0.0400. The standard InChI is InChI=1S/C13H17NO5/c1-17-11-6-10(15)8(5-9(11)13(16)18-2)12-7-14-3-4-19-12/h5-6,12,14-15H,3-4,7H2,1-2H3. The van der Waals surface area contributed by atoms with Gasteiger partial charge in [0.25, 0.3) is 0 Å². The van der Waals surface area contributed by atoms with Crippen molar-refractivity contribution in [3.8, 4) is 11.5 Å². The molecule has 0 aromatic heterocycles. The van der Waals surface area contributed by atoms with Crippen molar-refractivity contribution in [2.75, 3.05) is 33.9 Å². The normalized spacial score (nSPS) is 18.9. The van der Waals surface area contributed by atoms with Crippen LogP contribution < -0.4 is 10.1 Å². The average molecular weight is 267 g/mol. The lowest BCUT2D eigenvalue weighted by atomic mass is 10.0. The van der Waals surface area contributed by atoms with Crippen LogP contribution in [0.5, 0.6) is 11.5 Å².